The summed E-state index contributed by atoms with van der Waals surface area (Å²) < 4.78 is 5.50. The molecule has 3 fully saturated rings. The lowest BCUT2D eigenvalue weighted by molar-refractivity contribution is -0.139. The number of benzene rings is 2. The molecular weight excluding hydrogens is 456 g/mol. The van der Waals surface area contributed by atoms with Crippen LogP contribution in [-0.4, -0.2) is 30.2 Å². The van der Waals surface area contributed by atoms with Crippen LogP contribution in [0.2, 0.25) is 5.02 Å². The van der Waals surface area contributed by atoms with Gasteiger partial charge >= 0.3 is 5.97 Å². The molecule has 7 nitrogen and oxygen atoms in total. The van der Waals surface area contributed by atoms with Crippen molar-refractivity contribution in [3.05, 3.63) is 53.6 Å². The highest BCUT2D eigenvalue weighted by molar-refractivity contribution is 6.31. The molecule has 0 unspecified atom stereocenters. The van der Waals surface area contributed by atoms with E-state index >= 15 is 0 Å². The SMILES string of the molecule is C[C@@H]1CC[C@@H]2C(=O)N(c3ccc(OC(=O)[C@@H]4CC(=O)N(c5cccc(Cl)c5)C4)cc3)C(=O)[C@H]2C1. The Hall–Kier alpha value is -3.19. The maximum Gasteiger partial charge on any atom is 0.316 e. The average Bonchev–Trinajstić information content (AvgIpc) is 3.32. The molecule has 176 valence electrons. The number of anilines is 2. The summed E-state index contributed by atoms with van der Waals surface area (Å²) in [5.74, 6) is -1.28. The molecule has 2 aromatic rings. The van der Waals surface area contributed by atoms with Gasteiger partial charge in [-0.1, -0.05) is 24.6 Å². The zero-order valence-corrected chi connectivity index (χ0v) is 19.5. The van der Waals surface area contributed by atoms with E-state index in [4.69, 9.17) is 16.3 Å². The number of halogens is 1. The monoisotopic (exact) mass is 480 g/mol. The van der Waals surface area contributed by atoms with Gasteiger partial charge in [0.1, 0.15) is 5.75 Å². The fourth-order valence-electron chi connectivity index (χ4n) is 5.27. The average molecular weight is 481 g/mol. The number of amides is 3. The second-order valence-corrected chi connectivity index (χ2v) is 9.88. The largest absolute Gasteiger partial charge is 0.426 e. The lowest BCUT2D eigenvalue weighted by Crippen LogP contribution is -2.30. The van der Waals surface area contributed by atoms with Gasteiger partial charge in [0.05, 0.1) is 23.4 Å². The minimum absolute atomic E-state index is 0.0570. The third-order valence-electron chi connectivity index (χ3n) is 7.08. The topological polar surface area (TPSA) is 84.0 Å². The Labute approximate surface area is 202 Å². The van der Waals surface area contributed by atoms with Crippen molar-refractivity contribution in [2.45, 2.75) is 32.6 Å². The first-order valence-corrected chi connectivity index (χ1v) is 11.9. The Bertz CT molecular complexity index is 1160. The molecule has 4 atom stereocenters. The molecule has 1 aliphatic carbocycles. The van der Waals surface area contributed by atoms with E-state index in [-0.39, 0.29) is 42.5 Å². The summed E-state index contributed by atoms with van der Waals surface area (Å²) in [5, 5.41) is 0.514. The highest BCUT2D eigenvalue weighted by Crippen LogP contribution is 2.42. The van der Waals surface area contributed by atoms with Crippen LogP contribution in [0.3, 0.4) is 0 Å². The minimum Gasteiger partial charge on any atom is -0.426 e. The second kappa shape index (κ2) is 8.87. The number of carbonyl (C=O) groups excluding carboxylic acids is 4. The van der Waals surface area contributed by atoms with Gasteiger partial charge in [0.2, 0.25) is 17.7 Å². The van der Waals surface area contributed by atoms with Gasteiger partial charge in [-0.15, -0.1) is 0 Å². The Morgan fingerprint density at radius 3 is 2.44 bits per heavy atom. The standard InChI is InChI=1S/C26H25ClN2O5/c1-15-5-10-21-22(11-15)25(32)29(24(21)31)18-6-8-20(9-7-18)34-26(33)16-12-23(30)28(14-16)19-4-2-3-17(27)13-19/h2-4,6-9,13,15-16,21-22H,5,10-12,14H2,1H3/t15-,16-,21+,22+/m1/s1. The summed E-state index contributed by atoms with van der Waals surface area (Å²) in [6, 6.07) is 13.3. The van der Waals surface area contributed by atoms with Gasteiger partial charge in [0.25, 0.3) is 0 Å². The lowest BCUT2D eigenvalue weighted by Gasteiger charge is -2.25. The number of esters is 1. The molecule has 0 aromatic heterocycles. The van der Waals surface area contributed by atoms with Gasteiger partial charge in [-0.25, -0.2) is 0 Å². The van der Waals surface area contributed by atoms with E-state index in [1.54, 1.807) is 48.5 Å². The molecule has 5 rings (SSSR count). The Morgan fingerprint density at radius 2 is 1.71 bits per heavy atom. The van der Waals surface area contributed by atoms with E-state index in [1.807, 2.05) is 0 Å². The van der Waals surface area contributed by atoms with Gasteiger partial charge < -0.3 is 9.64 Å². The van der Waals surface area contributed by atoms with E-state index in [9.17, 15) is 19.2 Å². The Kier molecular flexibility index (Phi) is 5.90. The molecule has 2 aliphatic heterocycles. The maximum absolute atomic E-state index is 12.9. The fraction of sp³-hybridized carbons (Fsp3) is 0.385. The molecule has 0 radical (unpaired) electrons. The van der Waals surface area contributed by atoms with Crippen molar-refractivity contribution in [1.29, 1.82) is 0 Å². The van der Waals surface area contributed by atoms with Crippen molar-refractivity contribution in [2.24, 2.45) is 23.7 Å². The Balaban J connectivity index is 1.24. The first-order chi connectivity index (χ1) is 16.3. The number of rotatable bonds is 4. The summed E-state index contributed by atoms with van der Waals surface area (Å²) in [4.78, 5) is 53.7. The maximum atomic E-state index is 12.9. The van der Waals surface area contributed by atoms with Gasteiger partial charge in [-0.3, -0.25) is 24.1 Å². The summed E-state index contributed by atoms with van der Waals surface area (Å²) in [7, 11) is 0. The van der Waals surface area contributed by atoms with Gasteiger partial charge in [0.15, 0.2) is 0 Å². The molecule has 0 bridgehead atoms. The molecular formula is C26H25ClN2O5. The first kappa shape index (κ1) is 22.6. The smallest absolute Gasteiger partial charge is 0.316 e. The van der Waals surface area contributed by atoms with E-state index < -0.39 is 11.9 Å². The molecule has 2 aromatic carbocycles. The predicted octanol–water partition coefficient (Wildman–Crippen LogP) is 4.22. The Morgan fingerprint density at radius 1 is 0.971 bits per heavy atom. The van der Waals surface area contributed by atoms with Crippen LogP contribution in [0.1, 0.15) is 32.6 Å². The lowest BCUT2D eigenvalue weighted by atomic mass is 9.76. The molecule has 1 saturated carbocycles. The molecule has 0 spiro atoms. The van der Waals surface area contributed by atoms with Crippen molar-refractivity contribution in [3.63, 3.8) is 0 Å². The number of imide groups is 1. The number of carbonyl (C=O) groups is 4. The van der Waals surface area contributed by atoms with Crippen LogP contribution in [0.4, 0.5) is 11.4 Å². The molecule has 2 saturated heterocycles. The second-order valence-electron chi connectivity index (χ2n) is 9.44. The quantitative estimate of drug-likeness (QED) is 0.371. The van der Waals surface area contributed by atoms with Gasteiger partial charge in [0, 0.05) is 23.7 Å². The van der Waals surface area contributed by atoms with Crippen molar-refractivity contribution in [1.82, 2.24) is 0 Å². The number of hydrogen-bond acceptors (Lipinski definition) is 5. The van der Waals surface area contributed by atoms with Crippen LogP contribution in [0, 0.1) is 23.7 Å². The van der Waals surface area contributed by atoms with Gasteiger partial charge in [-0.05, 0) is 67.6 Å². The third-order valence-corrected chi connectivity index (χ3v) is 7.31. The fourth-order valence-corrected chi connectivity index (χ4v) is 5.45. The van der Waals surface area contributed by atoms with Crippen molar-refractivity contribution in [2.75, 3.05) is 16.3 Å². The van der Waals surface area contributed by atoms with E-state index in [1.165, 1.54) is 9.80 Å². The first-order valence-electron chi connectivity index (χ1n) is 11.6. The van der Waals surface area contributed by atoms with Gasteiger partial charge in [-0.2, -0.15) is 0 Å². The molecule has 8 heteroatoms. The number of nitrogens with zero attached hydrogens (tertiary/aromatic N) is 2. The zero-order chi connectivity index (χ0) is 24.0. The molecule has 3 amide bonds. The predicted molar refractivity (Wildman–Crippen MR) is 126 cm³/mol. The summed E-state index contributed by atoms with van der Waals surface area (Å²) in [6.07, 6.45) is 2.51. The van der Waals surface area contributed by atoms with Crippen LogP contribution in [0.5, 0.6) is 5.75 Å². The minimum atomic E-state index is -0.599. The van der Waals surface area contributed by atoms with Crippen LogP contribution < -0.4 is 14.5 Å². The highest BCUT2D eigenvalue weighted by Gasteiger charge is 2.50. The van der Waals surface area contributed by atoms with Crippen LogP contribution in [0.25, 0.3) is 0 Å². The highest BCUT2D eigenvalue weighted by atomic mass is 35.5. The summed E-state index contributed by atoms with van der Waals surface area (Å²) >= 11 is 6.02. The molecule has 3 aliphatic rings. The van der Waals surface area contributed by atoms with Crippen LogP contribution in [-0.2, 0) is 19.2 Å². The number of ether oxygens (including phenoxy) is 1. The number of hydrogen-bond donors (Lipinski definition) is 0. The van der Waals surface area contributed by atoms with Crippen LogP contribution in [0.15, 0.2) is 48.5 Å². The van der Waals surface area contributed by atoms with E-state index in [2.05, 4.69) is 6.92 Å². The van der Waals surface area contributed by atoms with Crippen molar-refractivity contribution in [3.8, 4) is 5.75 Å². The zero-order valence-electron chi connectivity index (χ0n) is 18.8. The molecule has 34 heavy (non-hydrogen) atoms. The molecule has 0 N–H and O–H groups in total. The normalized spacial score (nSPS) is 26.7. The third kappa shape index (κ3) is 4.09. The van der Waals surface area contributed by atoms with Crippen molar-refractivity contribution < 1.29 is 23.9 Å². The van der Waals surface area contributed by atoms with Crippen LogP contribution >= 0.6 is 11.6 Å². The molecule has 2 heterocycles. The summed E-state index contributed by atoms with van der Waals surface area (Å²) in [5.41, 5.74) is 1.13. The van der Waals surface area contributed by atoms with Crippen molar-refractivity contribution >= 4 is 46.7 Å². The number of fused-ring (bicyclic) bond motifs is 1. The summed E-state index contributed by atoms with van der Waals surface area (Å²) in [6.45, 7) is 2.33. The van der Waals surface area contributed by atoms with E-state index in [0.717, 1.165) is 19.3 Å². The van der Waals surface area contributed by atoms with E-state index in [0.29, 0.717) is 28.1 Å².